The van der Waals surface area contributed by atoms with E-state index in [9.17, 15) is 0 Å². The number of thiophene rings is 1. The molecular weight excluding hydrogens is 442 g/mol. The van der Waals surface area contributed by atoms with Gasteiger partial charge in [0.1, 0.15) is 5.84 Å². The third-order valence-electron chi connectivity index (χ3n) is 7.46. The highest BCUT2D eigenvalue weighted by molar-refractivity contribution is 8.03. The van der Waals surface area contributed by atoms with E-state index in [1.165, 1.54) is 47.0 Å². The molecule has 1 aromatic heterocycles. The third-order valence-corrected chi connectivity index (χ3v) is 9.97. The van der Waals surface area contributed by atoms with Crippen molar-refractivity contribution in [1.29, 1.82) is 0 Å². The standard InChI is InChI=1S/C28H23N3S2/c1-30-27(20-13-25-28(14-17(20)15-28)21-7-3-5-9-23(21)33-25)31-26(29)16-10-11-19-18-6-2-4-8-22(18)32-24(19)12-16/h2-11,13,16H,12,14-15H2,1H3,(H2,29,30,31). The van der Waals surface area contributed by atoms with Crippen LogP contribution in [-0.4, -0.2) is 18.7 Å². The van der Waals surface area contributed by atoms with E-state index in [-0.39, 0.29) is 11.3 Å². The zero-order valence-corrected chi connectivity index (χ0v) is 20.0. The molecule has 1 aliphatic heterocycles. The minimum absolute atomic E-state index is 0.106. The van der Waals surface area contributed by atoms with Crippen LogP contribution < -0.4 is 5.73 Å². The van der Waals surface area contributed by atoms with Crippen LogP contribution in [0.5, 0.6) is 0 Å². The minimum Gasteiger partial charge on any atom is -0.387 e. The van der Waals surface area contributed by atoms with Crippen LogP contribution in [0.1, 0.15) is 28.8 Å². The van der Waals surface area contributed by atoms with E-state index < -0.39 is 0 Å². The van der Waals surface area contributed by atoms with Crippen LogP contribution in [0.15, 0.2) is 91.6 Å². The second kappa shape index (κ2) is 7.05. The van der Waals surface area contributed by atoms with Gasteiger partial charge in [-0.3, -0.25) is 4.99 Å². The number of hydrogen-bond acceptors (Lipinski definition) is 3. The van der Waals surface area contributed by atoms with Crippen LogP contribution >= 0.6 is 23.1 Å². The Hall–Kier alpha value is -2.89. The van der Waals surface area contributed by atoms with Gasteiger partial charge < -0.3 is 5.73 Å². The lowest BCUT2D eigenvalue weighted by Crippen LogP contribution is -2.39. The Morgan fingerprint density at radius 3 is 2.79 bits per heavy atom. The van der Waals surface area contributed by atoms with Crippen LogP contribution in [0.25, 0.3) is 16.2 Å². The molecule has 3 nitrogen and oxygen atoms in total. The van der Waals surface area contributed by atoms with Crippen molar-refractivity contribution in [3.63, 3.8) is 0 Å². The first-order chi connectivity index (χ1) is 16.2. The molecule has 1 saturated carbocycles. The molecule has 1 spiro atoms. The predicted molar refractivity (Wildman–Crippen MR) is 141 cm³/mol. The van der Waals surface area contributed by atoms with Crippen molar-refractivity contribution in [2.45, 2.75) is 29.6 Å². The summed E-state index contributed by atoms with van der Waals surface area (Å²) in [6.07, 6.45) is 9.83. The number of benzene rings is 2. The van der Waals surface area contributed by atoms with Gasteiger partial charge in [0.2, 0.25) is 0 Å². The molecule has 0 saturated heterocycles. The van der Waals surface area contributed by atoms with E-state index >= 15 is 0 Å². The molecule has 4 aliphatic carbocycles. The van der Waals surface area contributed by atoms with Gasteiger partial charge >= 0.3 is 0 Å². The van der Waals surface area contributed by atoms with Gasteiger partial charge in [-0.05, 0) is 54.0 Å². The molecule has 8 rings (SSSR count). The summed E-state index contributed by atoms with van der Waals surface area (Å²) in [7, 11) is 1.83. The van der Waals surface area contributed by atoms with E-state index in [1.54, 1.807) is 0 Å². The fourth-order valence-electron chi connectivity index (χ4n) is 5.72. The highest BCUT2D eigenvalue weighted by Gasteiger charge is 2.53. The van der Waals surface area contributed by atoms with Crippen molar-refractivity contribution in [1.82, 2.24) is 0 Å². The first-order valence-electron chi connectivity index (χ1n) is 11.4. The van der Waals surface area contributed by atoms with E-state index in [0.29, 0.717) is 5.84 Å². The van der Waals surface area contributed by atoms with Gasteiger partial charge in [-0.1, -0.05) is 65.9 Å². The molecule has 1 atom stereocenters. The van der Waals surface area contributed by atoms with Gasteiger partial charge in [0, 0.05) is 43.3 Å². The summed E-state index contributed by atoms with van der Waals surface area (Å²) in [5, 5.41) is 1.34. The second-order valence-electron chi connectivity index (χ2n) is 9.25. The van der Waals surface area contributed by atoms with E-state index in [0.717, 1.165) is 25.1 Å². The van der Waals surface area contributed by atoms with Crippen LogP contribution in [0, 0.1) is 5.92 Å². The molecule has 0 amide bonds. The Bertz CT molecular complexity index is 1490. The lowest BCUT2D eigenvalue weighted by molar-refractivity contribution is 0.402. The Kier molecular flexibility index (Phi) is 4.18. The molecule has 2 aromatic carbocycles. The van der Waals surface area contributed by atoms with Crippen LogP contribution in [0.4, 0.5) is 0 Å². The first-order valence-corrected chi connectivity index (χ1v) is 13.0. The lowest BCUT2D eigenvalue weighted by Gasteiger charge is -2.46. The molecule has 33 heavy (non-hydrogen) atoms. The summed E-state index contributed by atoms with van der Waals surface area (Å²) in [5.74, 6) is 1.53. The molecule has 2 heterocycles. The van der Waals surface area contributed by atoms with E-state index in [4.69, 9.17) is 10.7 Å². The first kappa shape index (κ1) is 19.6. The van der Waals surface area contributed by atoms with E-state index in [2.05, 4.69) is 71.8 Å². The minimum atomic E-state index is 0.106. The molecule has 2 N–H and O–H groups in total. The lowest BCUT2D eigenvalue weighted by atomic mass is 9.57. The van der Waals surface area contributed by atoms with Crippen LogP contribution in [0.2, 0.25) is 0 Å². The molecule has 1 unspecified atom stereocenters. The van der Waals surface area contributed by atoms with Crippen molar-refractivity contribution >= 4 is 50.9 Å². The topological polar surface area (TPSA) is 50.7 Å². The summed E-state index contributed by atoms with van der Waals surface area (Å²) < 4.78 is 1.34. The van der Waals surface area contributed by atoms with Crippen LogP contribution in [-0.2, 0) is 11.8 Å². The van der Waals surface area contributed by atoms with Crippen molar-refractivity contribution in [3.05, 3.63) is 92.7 Å². The highest BCUT2D eigenvalue weighted by Crippen LogP contribution is 2.66. The Labute approximate surface area is 201 Å². The summed E-state index contributed by atoms with van der Waals surface area (Å²) in [4.78, 5) is 13.7. The SMILES string of the molecule is CN=C(N=C(N)C1C=Cc2c(sc3ccccc23)C1)C1=C2CC3(C2)C(=C1)Sc1ccccc13. The molecule has 3 aromatic rings. The van der Waals surface area contributed by atoms with Gasteiger partial charge in [-0.2, -0.15) is 0 Å². The summed E-state index contributed by atoms with van der Waals surface area (Å²) in [5.41, 5.74) is 12.3. The monoisotopic (exact) mass is 465 g/mol. The number of thioether (sulfide) groups is 1. The Morgan fingerprint density at radius 2 is 1.91 bits per heavy atom. The average molecular weight is 466 g/mol. The van der Waals surface area contributed by atoms with Gasteiger partial charge in [-0.25, -0.2) is 4.99 Å². The molecular formula is C28H23N3S2. The predicted octanol–water partition coefficient (Wildman–Crippen LogP) is 6.50. The maximum absolute atomic E-state index is 6.59. The molecule has 5 heteroatoms. The largest absolute Gasteiger partial charge is 0.387 e. The zero-order chi connectivity index (χ0) is 22.2. The molecule has 2 bridgehead atoms. The smallest absolute Gasteiger partial charge is 0.156 e. The fraction of sp³-hybridized carbons (Fsp3) is 0.214. The maximum atomic E-state index is 6.59. The van der Waals surface area contributed by atoms with E-state index in [1.807, 2.05) is 30.1 Å². The molecule has 1 fully saturated rings. The van der Waals surface area contributed by atoms with Crippen molar-refractivity contribution < 1.29 is 0 Å². The highest BCUT2D eigenvalue weighted by atomic mass is 32.2. The van der Waals surface area contributed by atoms with Gasteiger partial charge in [-0.15, -0.1) is 11.3 Å². The zero-order valence-electron chi connectivity index (χ0n) is 18.3. The van der Waals surface area contributed by atoms with Gasteiger partial charge in [0.15, 0.2) is 5.84 Å². The molecule has 162 valence electrons. The number of aliphatic imine (C=N–C) groups is 2. The number of hydrogen-bond donors (Lipinski definition) is 1. The second-order valence-corrected chi connectivity index (χ2v) is 11.5. The average Bonchev–Trinajstić information content (AvgIpc) is 3.37. The summed E-state index contributed by atoms with van der Waals surface area (Å²) >= 11 is 3.78. The van der Waals surface area contributed by atoms with Gasteiger partial charge in [0.25, 0.3) is 0 Å². The normalized spacial score (nSPS) is 22.6. The number of amidine groups is 2. The molecule has 0 radical (unpaired) electrons. The molecule has 5 aliphatic rings. The Balaban J connectivity index is 1.18. The van der Waals surface area contributed by atoms with Crippen molar-refractivity contribution in [2.75, 3.05) is 7.05 Å². The third kappa shape index (κ3) is 2.76. The summed E-state index contributed by atoms with van der Waals surface area (Å²) in [6, 6.07) is 17.5. The number of nitrogens with zero attached hydrogens (tertiary/aromatic N) is 2. The number of rotatable bonds is 2. The van der Waals surface area contributed by atoms with Gasteiger partial charge in [0.05, 0.1) is 0 Å². The van der Waals surface area contributed by atoms with Crippen LogP contribution in [0.3, 0.4) is 0 Å². The van der Waals surface area contributed by atoms with Crippen molar-refractivity contribution in [2.24, 2.45) is 21.6 Å². The van der Waals surface area contributed by atoms with Crippen molar-refractivity contribution in [3.8, 4) is 0 Å². The number of nitrogens with two attached hydrogens (primary N) is 1. The number of fused-ring (bicyclic) bond motifs is 5. The number of allylic oxidation sites excluding steroid dienone is 2. The fourth-order valence-corrected chi connectivity index (χ4v) is 8.36. The Morgan fingerprint density at radius 1 is 1.09 bits per heavy atom. The maximum Gasteiger partial charge on any atom is 0.156 e. The quantitative estimate of drug-likeness (QED) is 0.347. The summed E-state index contributed by atoms with van der Waals surface area (Å²) in [6.45, 7) is 0.